The lowest BCUT2D eigenvalue weighted by Crippen LogP contribution is -1.94. The fourth-order valence-electron chi connectivity index (χ4n) is 1.67. The summed E-state index contributed by atoms with van der Waals surface area (Å²) in [6.07, 6.45) is 0.894. The molecule has 2 aromatic rings. The fraction of sp³-hybridized carbons (Fsp3) is 0.143. The summed E-state index contributed by atoms with van der Waals surface area (Å²) in [5.74, 6) is 0. The monoisotopic (exact) mass is 212 g/mol. The van der Waals surface area contributed by atoms with Gasteiger partial charge in [-0.3, -0.25) is 0 Å². The van der Waals surface area contributed by atoms with Crippen molar-refractivity contribution in [1.29, 1.82) is 0 Å². The fourth-order valence-corrected chi connectivity index (χ4v) is 1.67. The van der Waals surface area contributed by atoms with Crippen LogP contribution in [0.2, 0.25) is 0 Å². The van der Waals surface area contributed by atoms with Crippen LogP contribution in [0.1, 0.15) is 16.7 Å². The van der Waals surface area contributed by atoms with Gasteiger partial charge in [-0.2, -0.15) is 0 Å². The number of nitrogens with two attached hydrogens (primary N) is 2. The van der Waals surface area contributed by atoms with Gasteiger partial charge in [-0.05, 0) is 48.2 Å². The smallest absolute Gasteiger partial charge is 0.0346 e. The molecule has 0 bridgehead atoms. The van der Waals surface area contributed by atoms with Crippen LogP contribution < -0.4 is 11.5 Å². The maximum atomic E-state index is 5.88. The van der Waals surface area contributed by atoms with Crippen LogP contribution >= 0.6 is 0 Å². The molecule has 0 amide bonds. The number of aryl methyl sites for hydroxylation is 1. The van der Waals surface area contributed by atoms with Crippen LogP contribution in [-0.4, -0.2) is 0 Å². The number of benzene rings is 2. The van der Waals surface area contributed by atoms with Crippen LogP contribution in [0.4, 0.5) is 11.4 Å². The van der Waals surface area contributed by atoms with Crippen LogP contribution in [0, 0.1) is 6.92 Å². The van der Waals surface area contributed by atoms with E-state index in [-0.39, 0.29) is 0 Å². The Labute approximate surface area is 95.9 Å². The lowest BCUT2D eigenvalue weighted by molar-refractivity contribution is 1.19. The van der Waals surface area contributed by atoms with E-state index in [0.717, 1.165) is 23.4 Å². The highest BCUT2D eigenvalue weighted by atomic mass is 14.6. The van der Waals surface area contributed by atoms with Crippen molar-refractivity contribution >= 4 is 11.4 Å². The molecule has 0 radical (unpaired) electrons. The van der Waals surface area contributed by atoms with E-state index in [1.165, 1.54) is 11.1 Å². The van der Waals surface area contributed by atoms with Crippen LogP contribution in [-0.2, 0) is 6.42 Å². The summed E-state index contributed by atoms with van der Waals surface area (Å²) in [4.78, 5) is 0. The zero-order valence-electron chi connectivity index (χ0n) is 9.40. The highest BCUT2D eigenvalue weighted by molar-refractivity contribution is 5.49. The lowest BCUT2D eigenvalue weighted by atomic mass is 10.0. The summed E-state index contributed by atoms with van der Waals surface area (Å²) in [7, 11) is 0. The SMILES string of the molecule is Cc1ccc(Cc2ccc(N)cc2)cc1N. The summed E-state index contributed by atoms with van der Waals surface area (Å²) < 4.78 is 0. The first-order valence-electron chi connectivity index (χ1n) is 5.34. The van der Waals surface area contributed by atoms with Gasteiger partial charge in [0.25, 0.3) is 0 Å². The van der Waals surface area contributed by atoms with E-state index in [1.54, 1.807) is 0 Å². The Balaban J connectivity index is 2.20. The maximum Gasteiger partial charge on any atom is 0.0346 e. The van der Waals surface area contributed by atoms with E-state index in [1.807, 2.05) is 37.3 Å². The second-order valence-corrected chi connectivity index (χ2v) is 4.11. The molecule has 0 aliphatic carbocycles. The largest absolute Gasteiger partial charge is 0.399 e. The first-order valence-corrected chi connectivity index (χ1v) is 5.34. The van der Waals surface area contributed by atoms with Crippen molar-refractivity contribution in [2.45, 2.75) is 13.3 Å². The van der Waals surface area contributed by atoms with Crippen molar-refractivity contribution in [2.75, 3.05) is 11.5 Å². The van der Waals surface area contributed by atoms with E-state index < -0.39 is 0 Å². The van der Waals surface area contributed by atoms with Crippen LogP contribution in [0.15, 0.2) is 42.5 Å². The highest BCUT2D eigenvalue weighted by Gasteiger charge is 1.99. The highest BCUT2D eigenvalue weighted by Crippen LogP contribution is 2.16. The Morgan fingerprint density at radius 3 is 2.12 bits per heavy atom. The average Bonchev–Trinajstić information content (AvgIpc) is 2.27. The minimum absolute atomic E-state index is 0.798. The second kappa shape index (κ2) is 4.27. The zero-order valence-corrected chi connectivity index (χ0v) is 9.40. The normalized spacial score (nSPS) is 10.3. The third-order valence-corrected chi connectivity index (χ3v) is 2.73. The maximum absolute atomic E-state index is 5.88. The second-order valence-electron chi connectivity index (χ2n) is 4.11. The summed E-state index contributed by atoms with van der Waals surface area (Å²) in [6, 6.07) is 14.1. The molecule has 0 saturated carbocycles. The number of hydrogen-bond donors (Lipinski definition) is 2. The first-order chi connectivity index (χ1) is 7.65. The Bertz CT molecular complexity index is 487. The molecule has 0 aliphatic heterocycles. The van der Waals surface area contributed by atoms with Gasteiger partial charge in [-0.1, -0.05) is 24.3 Å². The van der Waals surface area contributed by atoms with E-state index in [9.17, 15) is 0 Å². The van der Waals surface area contributed by atoms with Crippen molar-refractivity contribution in [3.05, 3.63) is 59.2 Å². The van der Waals surface area contributed by atoms with E-state index in [0.29, 0.717) is 0 Å². The third kappa shape index (κ3) is 2.34. The van der Waals surface area contributed by atoms with Gasteiger partial charge in [-0.15, -0.1) is 0 Å². The summed E-state index contributed by atoms with van der Waals surface area (Å²) in [6.45, 7) is 2.02. The zero-order chi connectivity index (χ0) is 11.5. The van der Waals surface area contributed by atoms with Crippen molar-refractivity contribution in [3.63, 3.8) is 0 Å². The van der Waals surface area contributed by atoms with Gasteiger partial charge in [0.2, 0.25) is 0 Å². The van der Waals surface area contributed by atoms with Crippen molar-refractivity contribution < 1.29 is 0 Å². The Morgan fingerprint density at radius 2 is 1.50 bits per heavy atom. The number of nitrogen functional groups attached to an aromatic ring is 2. The molecule has 0 saturated heterocycles. The predicted molar refractivity (Wildman–Crippen MR) is 69.3 cm³/mol. The van der Waals surface area contributed by atoms with Gasteiger partial charge in [-0.25, -0.2) is 0 Å². The van der Waals surface area contributed by atoms with Gasteiger partial charge in [0.15, 0.2) is 0 Å². The minimum Gasteiger partial charge on any atom is -0.399 e. The molecule has 2 heteroatoms. The molecule has 4 N–H and O–H groups in total. The summed E-state index contributed by atoms with van der Waals surface area (Å²) in [5, 5.41) is 0. The molecule has 16 heavy (non-hydrogen) atoms. The van der Waals surface area contributed by atoms with Crippen LogP contribution in [0.5, 0.6) is 0 Å². The molecule has 0 atom stereocenters. The third-order valence-electron chi connectivity index (χ3n) is 2.73. The number of rotatable bonds is 2. The summed E-state index contributed by atoms with van der Waals surface area (Å²) >= 11 is 0. The topological polar surface area (TPSA) is 52.0 Å². The van der Waals surface area contributed by atoms with E-state index >= 15 is 0 Å². The van der Waals surface area contributed by atoms with Crippen molar-refractivity contribution in [2.24, 2.45) is 0 Å². The molecule has 0 spiro atoms. The Morgan fingerprint density at radius 1 is 0.875 bits per heavy atom. The molecular formula is C14H16N2. The van der Waals surface area contributed by atoms with Crippen molar-refractivity contribution in [3.8, 4) is 0 Å². The van der Waals surface area contributed by atoms with Crippen molar-refractivity contribution in [1.82, 2.24) is 0 Å². The van der Waals surface area contributed by atoms with E-state index in [2.05, 4.69) is 12.1 Å². The molecule has 2 nitrogen and oxygen atoms in total. The molecule has 2 aromatic carbocycles. The van der Waals surface area contributed by atoms with E-state index in [4.69, 9.17) is 11.5 Å². The quantitative estimate of drug-likeness (QED) is 0.752. The number of anilines is 2. The first kappa shape index (κ1) is 10.6. The molecule has 2 rings (SSSR count). The molecule has 0 fully saturated rings. The Kier molecular flexibility index (Phi) is 2.82. The Hall–Kier alpha value is -1.96. The van der Waals surface area contributed by atoms with Crippen LogP contribution in [0.3, 0.4) is 0 Å². The molecule has 0 aliphatic rings. The average molecular weight is 212 g/mol. The molecule has 0 aromatic heterocycles. The standard InChI is InChI=1S/C14H16N2/c1-10-2-3-12(9-14(10)16)8-11-4-6-13(15)7-5-11/h2-7,9H,8,15-16H2,1H3. The van der Waals surface area contributed by atoms with Gasteiger partial charge < -0.3 is 11.5 Å². The van der Waals surface area contributed by atoms with Crippen LogP contribution in [0.25, 0.3) is 0 Å². The predicted octanol–water partition coefficient (Wildman–Crippen LogP) is 2.75. The summed E-state index contributed by atoms with van der Waals surface area (Å²) in [5.41, 5.74) is 16.8. The lowest BCUT2D eigenvalue weighted by Gasteiger charge is -2.05. The molecule has 82 valence electrons. The molecular weight excluding hydrogens is 196 g/mol. The molecule has 0 heterocycles. The van der Waals surface area contributed by atoms with Gasteiger partial charge >= 0.3 is 0 Å². The van der Waals surface area contributed by atoms with Gasteiger partial charge in [0.1, 0.15) is 0 Å². The number of hydrogen-bond acceptors (Lipinski definition) is 2. The van der Waals surface area contributed by atoms with Gasteiger partial charge in [0.05, 0.1) is 0 Å². The molecule has 0 unspecified atom stereocenters. The van der Waals surface area contributed by atoms with Gasteiger partial charge in [0, 0.05) is 11.4 Å². The minimum atomic E-state index is 0.798.